The standard InChI is InChI=1S/C24H44N2O5S/c1-14(2)18(22-20(28)19(27)21(29)24(31-22)32-3)26-23(30)17-13-16(11-12-25-17)10-6-9-15-7-4-5-8-15/h14-22,24-25,27-29H,4-13H2,1-3H3,(H,26,30)/t16-,17+,18-,19+,20-,21-,22-,24-/m1/s1. The van der Waals surface area contributed by atoms with Crippen molar-refractivity contribution in [3.63, 3.8) is 0 Å². The minimum absolute atomic E-state index is 0.00523. The van der Waals surface area contributed by atoms with Gasteiger partial charge in [0.1, 0.15) is 29.9 Å². The van der Waals surface area contributed by atoms with E-state index >= 15 is 0 Å². The predicted molar refractivity (Wildman–Crippen MR) is 127 cm³/mol. The lowest BCUT2D eigenvalue weighted by molar-refractivity contribution is -0.208. The monoisotopic (exact) mass is 472 g/mol. The average molecular weight is 473 g/mol. The highest BCUT2D eigenvalue weighted by Crippen LogP contribution is 2.32. The summed E-state index contributed by atoms with van der Waals surface area (Å²) in [6, 6.07) is -0.701. The van der Waals surface area contributed by atoms with Gasteiger partial charge >= 0.3 is 0 Å². The Bertz CT molecular complexity index is 587. The quantitative estimate of drug-likeness (QED) is 0.349. The maximum absolute atomic E-state index is 13.2. The molecule has 3 fully saturated rings. The summed E-state index contributed by atoms with van der Waals surface area (Å²) in [5, 5.41) is 37.5. The van der Waals surface area contributed by atoms with Gasteiger partial charge in [-0.1, -0.05) is 58.8 Å². The minimum atomic E-state index is -1.30. The fraction of sp³-hybridized carbons (Fsp3) is 0.958. The molecule has 32 heavy (non-hydrogen) atoms. The van der Waals surface area contributed by atoms with E-state index in [9.17, 15) is 20.1 Å². The van der Waals surface area contributed by atoms with Gasteiger partial charge in [0, 0.05) is 0 Å². The number of thioether (sulfide) groups is 1. The Morgan fingerprint density at radius 1 is 1.06 bits per heavy atom. The summed E-state index contributed by atoms with van der Waals surface area (Å²) in [5.41, 5.74) is -0.645. The first-order valence-corrected chi connectivity index (χ1v) is 13.9. The highest BCUT2D eigenvalue weighted by molar-refractivity contribution is 7.99. The Labute approximate surface area is 197 Å². The number of piperidine rings is 1. The molecule has 1 saturated carbocycles. The Hall–Kier alpha value is -0.380. The summed E-state index contributed by atoms with van der Waals surface area (Å²) in [5.74, 6) is 1.42. The third kappa shape index (κ3) is 6.60. The maximum atomic E-state index is 13.2. The third-order valence-corrected chi connectivity index (χ3v) is 8.60. The molecule has 5 N–H and O–H groups in total. The smallest absolute Gasteiger partial charge is 0.237 e. The summed E-state index contributed by atoms with van der Waals surface area (Å²) in [4.78, 5) is 13.2. The maximum Gasteiger partial charge on any atom is 0.237 e. The van der Waals surface area contributed by atoms with Crippen LogP contribution in [0.5, 0.6) is 0 Å². The van der Waals surface area contributed by atoms with E-state index in [4.69, 9.17) is 4.74 Å². The molecule has 0 aromatic heterocycles. The fourth-order valence-electron chi connectivity index (χ4n) is 5.71. The molecule has 0 bridgehead atoms. The van der Waals surface area contributed by atoms with Crippen LogP contribution in [0.15, 0.2) is 0 Å². The van der Waals surface area contributed by atoms with Gasteiger partial charge in [0.2, 0.25) is 5.91 Å². The first-order valence-electron chi connectivity index (χ1n) is 12.6. The van der Waals surface area contributed by atoms with E-state index in [0.717, 1.165) is 25.3 Å². The molecule has 0 aromatic carbocycles. The number of carbonyl (C=O) groups is 1. The summed E-state index contributed by atoms with van der Waals surface area (Å²) in [6.45, 7) is 4.78. The van der Waals surface area contributed by atoms with Crippen molar-refractivity contribution in [2.24, 2.45) is 17.8 Å². The van der Waals surface area contributed by atoms with E-state index in [1.165, 1.54) is 56.7 Å². The SMILES string of the molecule is CS[C@H]1O[C@H]([C@H](NC(=O)[C@@H]2C[C@H](CCCC3CCCC3)CCN2)C(C)C)[C@H](O)[C@H](O)[C@H]1O. The molecule has 2 aliphatic heterocycles. The van der Waals surface area contributed by atoms with Crippen LogP contribution in [0.2, 0.25) is 0 Å². The lowest BCUT2D eigenvalue weighted by Crippen LogP contribution is -2.65. The van der Waals surface area contributed by atoms with E-state index in [1.54, 1.807) is 6.26 Å². The van der Waals surface area contributed by atoms with Crippen molar-refractivity contribution in [3.8, 4) is 0 Å². The highest BCUT2D eigenvalue weighted by atomic mass is 32.2. The van der Waals surface area contributed by atoms with Gasteiger partial charge in [0.15, 0.2) is 0 Å². The van der Waals surface area contributed by atoms with Crippen molar-refractivity contribution in [1.82, 2.24) is 10.6 Å². The zero-order valence-electron chi connectivity index (χ0n) is 19.9. The Balaban J connectivity index is 1.54. The number of hydrogen-bond acceptors (Lipinski definition) is 7. The Kier molecular flexibility index (Phi) is 10.1. The first kappa shape index (κ1) is 26.2. The van der Waals surface area contributed by atoms with Crippen LogP contribution in [-0.4, -0.2) is 76.0 Å². The summed E-state index contributed by atoms with van der Waals surface area (Å²) < 4.78 is 5.93. The van der Waals surface area contributed by atoms with Crippen molar-refractivity contribution in [2.45, 2.75) is 114 Å². The number of rotatable bonds is 9. The fourth-order valence-corrected chi connectivity index (χ4v) is 6.39. The normalized spacial score (nSPS) is 37.5. The van der Waals surface area contributed by atoms with Crippen LogP contribution in [-0.2, 0) is 9.53 Å². The summed E-state index contributed by atoms with van der Waals surface area (Å²) in [6.07, 6.45) is 8.60. The predicted octanol–water partition coefficient (Wildman–Crippen LogP) is 2.03. The van der Waals surface area contributed by atoms with Crippen LogP contribution >= 0.6 is 11.8 Å². The second-order valence-corrected chi connectivity index (χ2v) is 11.4. The van der Waals surface area contributed by atoms with Crippen molar-refractivity contribution in [2.75, 3.05) is 12.8 Å². The molecule has 0 spiro atoms. The molecule has 0 unspecified atom stereocenters. The van der Waals surface area contributed by atoms with Gasteiger partial charge in [-0.2, -0.15) is 0 Å². The van der Waals surface area contributed by atoms with Gasteiger partial charge in [-0.3, -0.25) is 4.79 Å². The van der Waals surface area contributed by atoms with E-state index in [-0.39, 0.29) is 17.9 Å². The van der Waals surface area contributed by atoms with Crippen LogP contribution in [0.25, 0.3) is 0 Å². The van der Waals surface area contributed by atoms with Crippen molar-refractivity contribution in [3.05, 3.63) is 0 Å². The number of nitrogens with one attached hydrogen (secondary N) is 2. The number of aliphatic hydroxyl groups is 3. The number of carbonyl (C=O) groups excluding carboxylic acids is 1. The second-order valence-electron chi connectivity index (χ2n) is 10.4. The summed E-state index contributed by atoms with van der Waals surface area (Å²) >= 11 is 1.29. The van der Waals surface area contributed by atoms with E-state index in [2.05, 4.69) is 10.6 Å². The zero-order valence-corrected chi connectivity index (χ0v) is 20.7. The molecule has 3 rings (SSSR count). The van der Waals surface area contributed by atoms with Crippen LogP contribution in [0.3, 0.4) is 0 Å². The van der Waals surface area contributed by atoms with Crippen molar-refractivity contribution in [1.29, 1.82) is 0 Å². The number of amides is 1. The number of aliphatic hydroxyl groups excluding tert-OH is 3. The van der Waals surface area contributed by atoms with Crippen LogP contribution in [0, 0.1) is 17.8 Å². The molecule has 8 heteroatoms. The van der Waals surface area contributed by atoms with E-state index in [1.807, 2.05) is 13.8 Å². The molecule has 8 atom stereocenters. The van der Waals surface area contributed by atoms with Crippen LogP contribution in [0.1, 0.15) is 71.6 Å². The van der Waals surface area contributed by atoms with Crippen LogP contribution in [0.4, 0.5) is 0 Å². The van der Waals surface area contributed by atoms with E-state index in [0.29, 0.717) is 5.92 Å². The molecule has 2 heterocycles. The van der Waals surface area contributed by atoms with Gasteiger partial charge in [0.05, 0.1) is 12.1 Å². The molecular formula is C24H44N2O5S. The molecule has 186 valence electrons. The van der Waals surface area contributed by atoms with Crippen molar-refractivity contribution >= 4 is 17.7 Å². The Morgan fingerprint density at radius 3 is 2.41 bits per heavy atom. The lowest BCUT2D eigenvalue weighted by Gasteiger charge is -2.44. The van der Waals surface area contributed by atoms with E-state index < -0.39 is 35.9 Å². The minimum Gasteiger partial charge on any atom is -0.388 e. The van der Waals surface area contributed by atoms with Gasteiger partial charge in [-0.05, 0) is 43.4 Å². The third-order valence-electron chi connectivity index (χ3n) is 7.75. The highest BCUT2D eigenvalue weighted by Gasteiger charge is 2.47. The average Bonchev–Trinajstić information content (AvgIpc) is 3.30. The molecule has 0 aromatic rings. The molecule has 1 aliphatic carbocycles. The van der Waals surface area contributed by atoms with Gasteiger partial charge < -0.3 is 30.7 Å². The van der Waals surface area contributed by atoms with Crippen LogP contribution < -0.4 is 10.6 Å². The van der Waals surface area contributed by atoms with Gasteiger partial charge in [-0.15, -0.1) is 11.8 Å². The first-order chi connectivity index (χ1) is 15.3. The molecule has 7 nitrogen and oxygen atoms in total. The van der Waals surface area contributed by atoms with Crippen molar-refractivity contribution < 1.29 is 24.9 Å². The second kappa shape index (κ2) is 12.4. The topological polar surface area (TPSA) is 111 Å². The molecular weight excluding hydrogens is 428 g/mol. The summed E-state index contributed by atoms with van der Waals surface area (Å²) in [7, 11) is 0. The molecule has 0 radical (unpaired) electrons. The number of ether oxygens (including phenoxy) is 1. The van der Waals surface area contributed by atoms with Gasteiger partial charge in [0.25, 0.3) is 0 Å². The zero-order chi connectivity index (χ0) is 23.3. The lowest BCUT2D eigenvalue weighted by atomic mass is 9.85. The number of hydrogen-bond donors (Lipinski definition) is 5. The van der Waals surface area contributed by atoms with Gasteiger partial charge in [-0.25, -0.2) is 0 Å². The molecule has 1 amide bonds. The molecule has 2 saturated heterocycles. The molecule has 3 aliphatic rings. The Morgan fingerprint density at radius 2 is 1.75 bits per heavy atom. The largest absolute Gasteiger partial charge is 0.388 e.